The van der Waals surface area contributed by atoms with Crippen LogP contribution < -0.4 is 5.32 Å². The normalized spacial score (nSPS) is 16.6. The standard InChI is InChI=1S/C19H25N3O/c1-15(22-12-4-5-13-22)8-11-19(23)20-14-17-10-9-16-6-2-3-7-18(16)21-17/h2-3,6-7,9-10,15H,4-5,8,11-14H2,1H3,(H,20,23). The van der Waals surface area contributed by atoms with Crippen molar-refractivity contribution < 1.29 is 4.79 Å². The fourth-order valence-electron chi connectivity index (χ4n) is 3.19. The quantitative estimate of drug-likeness (QED) is 0.891. The summed E-state index contributed by atoms with van der Waals surface area (Å²) in [5, 5.41) is 4.12. The van der Waals surface area contributed by atoms with Crippen molar-refractivity contribution in [3.8, 4) is 0 Å². The first kappa shape index (κ1) is 15.9. The molecule has 1 aliphatic heterocycles. The largest absolute Gasteiger partial charge is 0.350 e. The summed E-state index contributed by atoms with van der Waals surface area (Å²) in [6.45, 7) is 5.10. The molecule has 1 unspecified atom stereocenters. The van der Waals surface area contributed by atoms with Crippen LogP contribution in [-0.2, 0) is 11.3 Å². The molecule has 0 aliphatic carbocycles. The molecule has 4 heteroatoms. The molecule has 1 atom stereocenters. The zero-order valence-corrected chi connectivity index (χ0v) is 13.8. The maximum absolute atomic E-state index is 12.0. The van der Waals surface area contributed by atoms with E-state index in [1.165, 1.54) is 25.9 Å². The Bertz CT molecular complexity index is 664. The summed E-state index contributed by atoms with van der Waals surface area (Å²) in [6, 6.07) is 12.6. The zero-order chi connectivity index (χ0) is 16.1. The van der Waals surface area contributed by atoms with E-state index < -0.39 is 0 Å². The Morgan fingerprint density at radius 2 is 2.00 bits per heavy atom. The van der Waals surface area contributed by atoms with Crippen LogP contribution in [-0.4, -0.2) is 34.9 Å². The third-order valence-corrected chi connectivity index (χ3v) is 4.68. The lowest BCUT2D eigenvalue weighted by atomic mass is 10.1. The predicted octanol–water partition coefficient (Wildman–Crippen LogP) is 3.12. The van der Waals surface area contributed by atoms with Gasteiger partial charge in [0.25, 0.3) is 0 Å². The second kappa shape index (κ2) is 7.55. The first-order valence-electron chi connectivity index (χ1n) is 8.58. The minimum atomic E-state index is 0.117. The number of nitrogens with zero attached hydrogens (tertiary/aromatic N) is 2. The van der Waals surface area contributed by atoms with E-state index in [4.69, 9.17) is 0 Å². The molecule has 4 nitrogen and oxygen atoms in total. The number of rotatable bonds is 6. The average molecular weight is 311 g/mol. The number of carbonyl (C=O) groups excluding carboxylic acids is 1. The van der Waals surface area contributed by atoms with Crippen molar-refractivity contribution in [1.82, 2.24) is 15.2 Å². The Kier molecular flexibility index (Phi) is 5.23. The highest BCUT2D eigenvalue weighted by molar-refractivity contribution is 5.78. The summed E-state index contributed by atoms with van der Waals surface area (Å²) in [5.41, 5.74) is 1.88. The number of fused-ring (bicyclic) bond motifs is 1. The number of hydrogen-bond acceptors (Lipinski definition) is 3. The van der Waals surface area contributed by atoms with Crippen LogP contribution in [0.2, 0.25) is 0 Å². The summed E-state index contributed by atoms with van der Waals surface area (Å²) in [4.78, 5) is 19.1. The van der Waals surface area contributed by atoms with Gasteiger partial charge in [0.1, 0.15) is 0 Å². The molecule has 122 valence electrons. The third-order valence-electron chi connectivity index (χ3n) is 4.68. The van der Waals surface area contributed by atoms with Gasteiger partial charge in [0, 0.05) is 17.8 Å². The number of para-hydroxylation sites is 1. The smallest absolute Gasteiger partial charge is 0.220 e. The molecule has 0 radical (unpaired) electrons. The molecule has 23 heavy (non-hydrogen) atoms. The maximum atomic E-state index is 12.0. The van der Waals surface area contributed by atoms with Gasteiger partial charge < -0.3 is 10.2 Å². The van der Waals surface area contributed by atoms with Gasteiger partial charge in [-0.15, -0.1) is 0 Å². The summed E-state index contributed by atoms with van der Waals surface area (Å²) < 4.78 is 0. The van der Waals surface area contributed by atoms with Crippen molar-refractivity contribution in [3.05, 3.63) is 42.1 Å². The molecule has 2 aromatic rings. The molecule has 0 saturated carbocycles. The molecule has 1 aliphatic rings. The van der Waals surface area contributed by atoms with Crippen LogP contribution in [0, 0.1) is 0 Å². The number of pyridine rings is 1. The lowest BCUT2D eigenvalue weighted by Crippen LogP contribution is -2.32. The lowest BCUT2D eigenvalue weighted by Gasteiger charge is -2.23. The number of nitrogens with one attached hydrogen (secondary N) is 1. The molecule has 1 aromatic carbocycles. The molecular weight excluding hydrogens is 286 g/mol. The van der Waals surface area contributed by atoms with E-state index in [-0.39, 0.29) is 5.91 Å². The van der Waals surface area contributed by atoms with Gasteiger partial charge >= 0.3 is 0 Å². The fourth-order valence-corrected chi connectivity index (χ4v) is 3.19. The number of aromatic nitrogens is 1. The Hall–Kier alpha value is -1.94. The topological polar surface area (TPSA) is 45.2 Å². The van der Waals surface area contributed by atoms with Crippen molar-refractivity contribution in [1.29, 1.82) is 0 Å². The van der Waals surface area contributed by atoms with E-state index in [0.717, 1.165) is 23.0 Å². The Labute approximate surface area is 137 Å². The number of hydrogen-bond donors (Lipinski definition) is 1. The van der Waals surface area contributed by atoms with Gasteiger partial charge in [0.05, 0.1) is 17.8 Å². The van der Waals surface area contributed by atoms with Crippen LogP contribution in [0.3, 0.4) is 0 Å². The van der Waals surface area contributed by atoms with Crippen LogP contribution in [0.4, 0.5) is 0 Å². The maximum Gasteiger partial charge on any atom is 0.220 e. The molecule has 2 heterocycles. The van der Waals surface area contributed by atoms with Crippen molar-refractivity contribution in [2.75, 3.05) is 13.1 Å². The van der Waals surface area contributed by atoms with E-state index >= 15 is 0 Å². The van der Waals surface area contributed by atoms with Crippen LogP contribution in [0.5, 0.6) is 0 Å². The monoisotopic (exact) mass is 311 g/mol. The first-order valence-corrected chi connectivity index (χ1v) is 8.58. The van der Waals surface area contributed by atoms with Crippen molar-refractivity contribution in [3.63, 3.8) is 0 Å². The first-order chi connectivity index (χ1) is 11.2. The van der Waals surface area contributed by atoms with Gasteiger partial charge in [-0.1, -0.05) is 24.3 Å². The minimum Gasteiger partial charge on any atom is -0.350 e. The number of amides is 1. The summed E-state index contributed by atoms with van der Waals surface area (Å²) in [6.07, 6.45) is 4.11. The molecule has 3 rings (SSSR count). The fraction of sp³-hybridized carbons (Fsp3) is 0.474. The minimum absolute atomic E-state index is 0.117. The number of benzene rings is 1. The molecule has 1 aromatic heterocycles. The van der Waals surface area contributed by atoms with Crippen LogP contribution in [0.1, 0.15) is 38.3 Å². The second-order valence-corrected chi connectivity index (χ2v) is 6.40. The highest BCUT2D eigenvalue weighted by atomic mass is 16.1. The van der Waals surface area contributed by atoms with Crippen LogP contribution >= 0.6 is 0 Å². The number of likely N-dealkylation sites (tertiary alicyclic amines) is 1. The third kappa shape index (κ3) is 4.29. The van der Waals surface area contributed by atoms with Gasteiger partial charge in [-0.2, -0.15) is 0 Å². The lowest BCUT2D eigenvalue weighted by molar-refractivity contribution is -0.121. The molecule has 0 bridgehead atoms. The van der Waals surface area contributed by atoms with E-state index in [9.17, 15) is 4.79 Å². The Morgan fingerprint density at radius 1 is 1.22 bits per heavy atom. The predicted molar refractivity (Wildman–Crippen MR) is 93.1 cm³/mol. The Balaban J connectivity index is 1.46. The van der Waals surface area contributed by atoms with E-state index in [0.29, 0.717) is 19.0 Å². The van der Waals surface area contributed by atoms with E-state index in [2.05, 4.69) is 28.2 Å². The second-order valence-electron chi connectivity index (χ2n) is 6.40. The average Bonchev–Trinajstić information content (AvgIpc) is 3.12. The van der Waals surface area contributed by atoms with Crippen molar-refractivity contribution in [2.24, 2.45) is 0 Å². The van der Waals surface area contributed by atoms with Gasteiger partial charge in [-0.25, -0.2) is 0 Å². The summed E-state index contributed by atoms with van der Waals surface area (Å²) in [5.74, 6) is 0.117. The molecular formula is C19H25N3O. The molecule has 1 saturated heterocycles. The van der Waals surface area contributed by atoms with Gasteiger partial charge in [-0.3, -0.25) is 9.78 Å². The van der Waals surface area contributed by atoms with Crippen LogP contribution in [0.25, 0.3) is 10.9 Å². The SMILES string of the molecule is CC(CCC(=O)NCc1ccc2ccccc2n1)N1CCCC1. The number of carbonyl (C=O) groups is 1. The molecule has 1 fully saturated rings. The zero-order valence-electron chi connectivity index (χ0n) is 13.8. The van der Waals surface area contributed by atoms with E-state index in [1.807, 2.05) is 30.3 Å². The molecule has 0 spiro atoms. The highest BCUT2D eigenvalue weighted by Gasteiger charge is 2.18. The van der Waals surface area contributed by atoms with Crippen molar-refractivity contribution in [2.45, 2.75) is 45.2 Å². The van der Waals surface area contributed by atoms with Gasteiger partial charge in [0.2, 0.25) is 5.91 Å². The highest BCUT2D eigenvalue weighted by Crippen LogP contribution is 2.15. The Morgan fingerprint density at radius 3 is 2.83 bits per heavy atom. The van der Waals surface area contributed by atoms with Gasteiger partial charge in [-0.05, 0) is 51.4 Å². The van der Waals surface area contributed by atoms with Gasteiger partial charge in [0.15, 0.2) is 0 Å². The van der Waals surface area contributed by atoms with Crippen molar-refractivity contribution >= 4 is 16.8 Å². The van der Waals surface area contributed by atoms with E-state index in [1.54, 1.807) is 0 Å². The summed E-state index contributed by atoms with van der Waals surface area (Å²) in [7, 11) is 0. The summed E-state index contributed by atoms with van der Waals surface area (Å²) >= 11 is 0. The molecule has 1 N–H and O–H groups in total. The molecule has 1 amide bonds. The van der Waals surface area contributed by atoms with Crippen LogP contribution in [0.15, 0.2) is 36.4 Å².